The summed E-state index contributed by atoms with van der Waals surface area (Å²) in [6, 6.07) is 2.39. The smallest absolute Gasteiger partial charge is 0.0942 e. The zero-order chi connectivity index (χ0) is 19.4. The molecule has 2 aliphatic heterocycles. The first-order valence-electron chi connectivity index (χ1n) is 10.5. The molecular weight excluding hydrogens is 332 g/mol. The summed E-state index contributed by atoms with van der Waals surface area (Å²) in [7, 11) is 0. The van der Waals surface area contributed by atoms with Crippen LogP contribution in [0, 0.1) is 20.8 Å². The quantitative estimate of drug-likeness (QED) is 0.616. The van der Waals surface area contributed by atoms with Crippen molar-refractivity contribution >= 4 is 11.4 Å². The van der Waals surface area contributed by atoms with Crippen LogP contribution in [-0.4, -0.2) is 36.2 Å². The summed E-state index contributed by atoms with van der Waals surface area (Å²) in [4.78, 5) is 9.63. The van der Waals surface area contributed by atoms with E-state index in [1.165, 1.54) is 53.7 Å². The van der Waals surface area contributed by atoms with Crippen LogP contribution in [0.4, 0.5) is 11.4 Å². The lowest BCUT2D eigenvalue weighted by molar-refractivity contribution is 0.395. The minimum absolute atomic E-state index is 0.960. The van der Waals surface area contributed by atoms with Gasteiger partial charge in [-0.05, 0) is 56.4 Å². The van der Waals surface area contributed by atoms with E-state index in [1.807, 2.05) is 0 Å². The molecule has 0 unspecified atom stereocenters. The average Bonchev–Trinajstić information content (AvgIpc) is 3.32. The third-order valence-electron chi connectivity index (χ3n) is 5.97. The second kappa shape index (κ2) is 8.73. The molecule has 1 aromatic rings. The van der Waals surface area contributed by atoms with Gasteiger partial charge in [-0.3, -0.25) is 0 Å². The zero-order valence-electron chi connectivity index (χ0n) is 17.8. The maximum absolute atomic E-state index is 2.42. The van der Waals surface area contributed by atoms with Gasteiger partial charge in [0.05, 0.1) is 13.3 Å². The van der Waals surface area contributed by atoms with Crippen molar-refractivity contribution < 1.29 is 0 Å². The van der Waals surface area contributed by atoms with E-state index in [0.717, 1.165) is 26.4 Å². The maximum atomic E-state index is 2.42. The van der Waals surface area contributed by atoms with E-state index in [-0.39, 0.29) is 0 Å². The molecule has 27 heavy (non-hydrogen) atoms. The highest BCUT2D eigenvalue weighted by Gasteiger charge is 2.22. The molecule has 148 valence electrons. The van der Waals surface area contributed by atoms with E-state index in [9.17, 15) is 0 Å². The van der Waals surface area contributed by atoms with E-state index in [1.54, 1.807) is 0 Å². The Morgan fingerprint density at radius 2 is 1.11 bits per heavy atom. The van der Waals surface area contributed by atoms with Crippen LogP contribution in [0.3, 0.4) is 0 Å². The number of nitrogens with zero attached hydrogens (tertiary/aromatic N) is 4. The lowest BCUT2D eigenvalue weighted by Gasteiger charge is -2.28. The minimum atomic E-state index is 0.960. The molecule has 0 amide bonds. The normalized spacial score (nSPS) is 16.3. The van der Waals surface area contributed by atoms with E-state index in [0.29, 0.717) is 0 Å². The van der Waals surface area contributed by atoms with Gasteiger partial charge in [-0.2, -0.15) is 0 Å². The fraction of sp³-hybridized carbons (Fsp3) is 0.565. The molecule has 4 heteroatoms. The Bertz CT molecular complexity index is 651. The van der Waals surface area contributed by atoms with Gasteiger partial charge in [-0.1, -0.05) is 26.7 Å². The number of anilines is 2. The van der Waals surface area contributed by atoms with Crippen molar-refractivity contribution in [1.82, 2.24) is 9.80 Å². The van der Waals surface area contributed by atoms with Gasteiger partial charge in [-0.15, -0.1) is 0 Å². The van der Waals surface area contributed by atoms with Crippen LogP contribution in [0.2, 0.25) is 0 Å². The second-order valence-electron chi connectivity index (χ2n) is 7.94. The van der Waals surface area contributed by atoms with Crippen LogP contribution < -0.4 is 9.80 Å². The van der Waals surface area contributed by atoms with Crippen LogP contribution in [-0.2, 0) is 0 Å². The molecule has 2 heterocycles. The molecule has 0 radical (unpaired) electrons. The lowest BCUT2D eigenvalue weighted by atomic mass is 9.99. The molecule has 2 aliphatic rings. The highest BCUT2D eigenvalue weighted by atomic mass is 15.4. The van der Waals surface area contributed by atoms with Crippen LogP contribution in [0.1, 0.15) is 56.2 Å². The first-order chi connectivity index (χ1) is 13.0. The second-order valence-corrected chi connectivity index (χ2v) is 7.94. The summed E-state index contributed by atoms with van der Waals surface area (Å²) >= 11 is 0. The highest BCUT2D eigenvalue weighted by molar-refractivity contribution is 5.72. The van der Waals surface area contributed by atoms with Gasteiger partial charge in [0.1, 0.15) is 0 Å². The van der Waals surface area contributed by atoms with Gasteiger partial charge in [-0.25, -0.2) is 0 Å². The van der Waals surface area contributed by atoms with E-state index in [2.05, 4.69) is 85.1 Å². The lowest BCUT2D eigenvalue weighted by Crippen LogP contribution is -2.28. The molecular formula is C23H36N4. The van der Waals surface area contributed by atoms with Crippen molar-refractivity contribution in [3.63, 3.8) is 0 Å². The van der Waals surface area contributed by atoms with Crippen molar-refractivity contribution in [3.8, 4) is 0 Å². The molecule has 0 spiro atoms. The summed E-state index contributed by atoms with van der Waals surface area (Å²) in [5.74, 6) is 0. The number of rotatable bonds is 8. The van der Waals surface area contributed by atoms with Crippen LogP contribution in [0.5, 0.6) is 0 Å². The third kappa shape index (κ3) is 4.26. The van der Waals surface area contributed by atoms with E-state index in [4.69, 9.17) is 0 Å². The Labute approximate surface area is 165 Å². The van der Waals surface area contributed by atoms with Crippen LogP contribution >= 0.6 is 0 Å². The number of hydrogen-bond donors (Lipinski definition) is 0. The van der Waals surface area contributed by atoms with Gasteiger partial charge in [0, 0.05) is 49.3 Å². The number of hydrogen-bond acceptors (Lipinski definition) is 4. The number of unbranched alkanes of at least 4 members (excludes halogenated alkanes) is 2. The minimum Gasteiger partial charge on any atom is -0.358 e. The molecule has 1 aromatic carbocycles. The Morgan fingerprint density at radius 3 is 1.52 bits per heavy atom. The van der Waals surface area contributed by atoms with Gasteiger partial charge in [0.15, 0.2) is 0 Å². The van der Waals surface area contributed by atoms with Crippen molar-refractivity contribution in [1.29, 1.82) is 0 Å². The fourth-order valence-electron chi connectivity index (χ4n) is 3.86. The summed E-state index contributed by atoms with van der Waals surface area (Å²) in [6.07, 6.45) is 14.0. The Hall–Kier alpha value is -2.10. The van der Waals surface area contributed by atoms with Crippen LogP contribution in [0.15, 0.2) is 30.9 Å². The first kappa shape index (κ1) is 19.7. The predicted molar refractivity (Wildman–Crippen MR) is 117 cm³/mol. The summed E-state index contributed by atoms with van der Waals surface area (Å²) in [5, 5.41) is 0. The largest absolute Gasteiger partial charge is 0.358 e. The van der Waals surface area contributed by atoms with Crippen molar-refractivity contribution in [2.24, 2.45) is 0 Å². The molecule has 0 aliphatic carbocycles. The predicted octanol–water partition coefficient (Wildman–Crippen LogP) is 5.31. The molecule has 0 N–H and O–H groups in total. The Balaban J connectivity index is 1.79. The highest BCUT2D eigenvalue weighted by Crippen LogP contribution is 2.36. The first-order valence-corrected chi connectivity index (χ1v) is 10.5. The van der Waals surface area contributed by atoms with Gasteiger partial charge in [0.25, 0.3) is 0 Å². The summed E-state index contributed by atoms with van der Waals surface area (Å²) in [6.45, 7) is 15.5. The monoisotopic (exact) mass is 368 g/mol. The molecule has 0 saturated heterocycles. The van der Waals surface area contributed by atoms with Gasteiger partial charge in [0.2, 0.25) is 0 Å². The Kier molecular flexibility index (Phi) is 6.35. The number of benzene rings is 1. The average molecular weight is 369 g/mol. The van der Waals surface area contributed by atoms with Crippen molar-refractivity contribution in [2.45, 2.75) is 60.3 Å². The molecule has 4 nitrogen and oxygen atoms in total. The summed E-state index contributed by atoms with van der Waals surface area (Å²) in [5.41, 5.74) is 6.87. The van der Waals surface area contributed by atoms with E-state index >= 15 is 0 Å². The van der Waals surface area contributed by atoms with Crippen molar-refractivity contribution in [2.75, 3.05) is 36.2 Å². The SMILES string of the molecule is CCCCN1C=CN(c2cc(N3C=CN(CCCC)C3)c(C)c(C)c2C)C1. The molecule has 0 aromatic heterocycles. The third-order valence-corrected chi connectivity index (χ3v) is 5.97. The van der Waals surface area contributed by atoms with E-state index < -0.39 is 0 Å². The maximum Gasteiger partial charge on any atom is 0.0942 e. The standard InChI is InChI=1S/C23H36N4/c1-6-8-10-24-12-14-26(17-24)22-16-23(21(5)19(3)20(22)4)27-15-13-25(18-27)11-9-7-2/h12-16H,6-11,17-18H2,1-5H3. The molecule has 0 saturated carbocycles. The Morgan fingerprint density at radius 1 is 0.667 bits per heavy atom. The van der Waals surface area contributed by atoms with Crippen LogP contribution in [0.25, 0.3) is 0 Å². The summed E-state index contributed by atoms with van der Waals surface area (Å²) < 4.78 is 0. The van der Waals surface area contributed by atoms with Crippen molar-refractivity contribution in [3.05, 3.63) is 47.6 Å². The van der Waals surface area contributed by atoms with Gasteiger partial charge < -0.3 is 19.6 Å². The molecule has 3 rings (SSSR count). The zero-order valence-corrected chi connectivity index (χ0v) is 17.8. The van der Waals surface area contributed by atoms with Gasteiger partial charge >= 0.3 is 0 Å². The fourth-order valence-corrected chi connectivity index (χ4v) is 3.86. The topological polar surface area (TPSA) is 13.0 Å². The molecule has 0 atom stereocenters. The molecule has 0 fully saturated rings. The molecule has 0 bridgehead atoms.